The average molecular weight is 768 g/mol. The Bertz CT molecular complexity index is 2140. The first-order chi connectivity index (χ1) is 24.5. The summed E-state index contributed by atoms with van der Waals surface area (Å²) < 4.78 is 36.1. The first-order valence-electron chi connectivity index (χ1n) is 14.9. The SMILES string of the molecule is COc1ccccc1-c1cc(Cl)ncn1.COc1ccccc1-c1cc(Nc2cccc(CS(=O)(=O)N(C)C)c2)ncn1.Clc1cc(Cl)ncn1. The van der Waals surface area contributed by atoms with Crippen LogP contribution in [0.5, 0.6) is 11.5 Å². The largest absolute Gasteiger partial charge is 0.496 e. The van der Waals surface area contributed by atoms with Crippen LogP contribution in [0.15, 0.2) is 110 Å². The molecule has 0 saturated carbocycles. The molecule has 12 nitrogen and oxygen atoms in total. The Kier molecular flexibility index (Phi) is 14.4. The molecule has 0 atom stereocenters. The number of methoxy groups -OCH3 is 2. The van der Waals surface area contributed by atoms with E-state index in [1.807, 2.05) is 66.7 Å². The minimum Gasteiger partial charge on any atom is -0.496 e. The first-order valence-corrected chi connectivity index (χ1v) is 17.7. The lowest BCUT2D eigenvalue weighted by Crippen LogP contribution is -2.23. The molecule has 0 fully saturated rings. The van der Waals surface area contributed by atoms with E-state index in [9.17, 15) is 8.42 Å². The second-order valence-electron chi connectivity index (χ2n) is 10.4. The zero-order chi connectivity index (χ0) is 36.8. The number of nitrogens with zero attached hydrogens (tertiary/aromatic N) is 7. The summed E-state index contributed by atoms with van der Waals surface area (Å²) in [4.78, 5) is 23.8. The van der Waals surface area contributed by atoms with Gasteiger partial charge in [-0.3, -0.25) is 0 Å². The fraction of sp³-hybridized carbons (Fsp3) is 0.143. The molecule has 0 spiro atoms. The van der Waals surface area contributed by atoms with Crippen LogP contribution in [0.4, 0.5) is 11.5 Å². The Morgan fingerprint density at radius 3 is 1.65 bits per heavy atom. The van der Waals surface area contributed by atoms with Crippen molar-refractivity contribution in [2.24, 2.45) is 0 Å². The van der Waals surface area contributed by atoms with Crippen molar-refractivity contribution in [1.82, 2.24) is 34.2 Å². The van der Waals surface area contributed by atoms with Crippen molar-refractivity contribution < 1.29 is 17.9 Å². The fourth-order valence-corrected chi connectivity index (χ4v) is 5.66. The van der Waals surface area contributed by atoms with E-state index >= 15 is 0 Å². The average Bonchev–Trinajstić information content (AvgIpc) is 3.12. The summed E-state index contributed by atoms with van der Waals surface area (Å²) in [6.45, 7) is 0. The van der Waals surface area contributed by atoms with E-state index in [0.717, 1.165) is 39.7 Å². The van der Waals surface area contributed by atoms with E-state index in [4.69, 9.17) is 44.3 Å². The van der Waals surface area contributed by atoms with Gasteiger partial charge in [0.2, 0.25) is 10.0 Å². The second-order valence-corrected chi connectivity index (χ2v) is 13.8. The zero-order valence-electron chi connectivity index (χ0n) is 27.9. The molecule has 0 aliphatic rings. The standard InChI is InChI=1S/C20H22N4O3S.C11H9ClN2O.C4H2Cl2N2/c1-24(2)28(25,26)13-15-7-6-8-16(11-15)23-20-12-18(21-14-22-20)17-9-4-5-10-19(17)27-3;1-15-10-5-3-2-4-8(10)9-6-11(12)14-7-13-9;5-3-1-4(6)8-2-7-3/h4-12,14H,13H2,1-3H3,(H,21,22,23);2-7H,1H3;1-2H. The number of ether oxygens (including phenoxy) is 2. The summed E-state index contributed by atoms with van der Waals surface area (Å²) in [5.74, 6) is 2.03. The van der Waals surface area contributed by atoms with Crippen molar-refractivity contribution in [3.05, 3.63) is 131 Å². The van der Waals surface area contributed by atoms with Gasteiger partial charge < -0.3 is 14.8 Å². The van der Waals surface area contributed by atoms with E-state index in [1.54, 1.807) is 32.4 Å². The van der Waals surface area contributed by atoms with Crippen LogP contribution < -0.4 is 14.8 Å². The molecule has 6 rings (SSSR count). The predicted octanol–water partition coefficient (Wildman–Crippen LogP) is 7.88. The maximum Gasteiger partial charge on any atom is 0.217 e. The molecule has 0 amide bonds. The number of sulfonamides is 1. The van der Waals surface area contributed by atoms with E-state index in [1.165, 1.54) is 43.4 Å². The number of hydrogen-bond acceptors (Lipinski definition) is 11. The van der Waals surface area contributed by atoms with Gasteiger partial charge in [-0.25, -0.2) is 42.6 Å². The summed E-state index contributed by atoms with van der Waals surface area (Å²) >= 11 is 16.6. The Hall–Kier alpha value is -4.92. The lowest BCUT2D eigenvalue weighted by molar-refractivity contribution is 0.416. The smallest absolute Gasteiger partial charge is 0.217 e. The molecule has 0 aliphatic heterocycles. The van der Waals surface area contributed by atoms with E-state index in [-0.39, 0.29) is 5.75 Å². The molecule has 0 bridgehead atoms. The van der Waals surface area contributed by atoms with Gasteiger partial charge in [-0.15, -0.1) is 0 Å². The quantitative estimate of drug-likeness (QED) is 0.144. The van der Waals surface area contributed by atoms with Crippen LogP contribution >= 0.6 is 34.8 Å². The van der Waals surface area contributed by atoms with Crippen LogP contribution in [0.3, 0.4) is 0 Å². The Morgan fingerprint density at radius 2 is 1.14 bits per heavy atom. The van der Waals surface area contributed by atoms with Gasteiger partial charge in [0.1, 0.15) is 51.8 Å². The van der Waals surface area contributed by atoms with Crippen molar-refractivity contribution in [2.75, 3.05) is 33.6 Å². The van der Waals surface area contributed by atoms with Crippen LogP contribution in [-0.4, -0.2) is 70.9 Å². The van der Waals surface area contributed by atoms with Gasteiger partial charge in [0, 0.05) is 49.1 Å². The summed E-state index contributed by atoms with van der Waals surface area (Å²) in [7, 11) is 2.97. The van der Waals surface area contributed by atoms with Crippen molar-refractivity contribution in [3.63, 3.8) is 0 Å². The Labute approximate surface area is 311 Å². The predicted molar refractivity (Wildman–Crippen MR) is 201 cm³/mol. The van der Waals surface area contributed by atoms with Crippen LogP contribution in [0, 0.1) is 0 Å². The fourth-order valence-electron chi connectivity index (χ4n) is 4.30. The van der Waals surface area contributed by atoms with Gasteiger partial charge in [-0.1, -0.05) is 71.2 Å². The maximum atomic E-state index is 12.1. The molecule has 3 aromatic carbocycles. The van der Waals surface area contributed by atoms with Gasteiger partial charge in [-0.05, 0) is 42.0 Å². The first kappa shape index (κ1) is 38.9. The van der Waals surface area contributed by atoms with Crippen LogP contribution in [0.25, 0.3) is 22.5 Å². The highest BCUT2D eigenvalue weighted by Crippen LogP contribution is 2.30. The Morgan fingerprint density at radius 1 is 0.627 bits per heavy atom. The lowest BCUT2D eigenvalue weighted by Gasteiger charge is -2.13. The number of aromatic nitrogens is 6. The molecule has 264 valence electrons. The van der Waals surface area contributed by atoms with Crippen LogP contribution in [0.1, 0.15) is 5.56 Å². The van der Waals surface area contributed by atoms with E-state index in [0.29, 0.717) is 26.8 Å². The highest BCUT2D eigenvalue weighted by molar-refractivity contribution is 7.88. The number of hydrogen-bond donors (Lipinski definition) is 1. The number of anilines is 2. The Balaban J connectivity index is 0.000000209. The molecule has 0 saturated heterocycles. The maximum absolute atomic E-state index is 12.1. The molecule has 0 aliphatic carbocycles. The molecule has 1 N–H and O–H groups in total. The molecule has 3 aromatic heterocycles. The second kappa shape index (κ2) is 18.9. The number of halogens is 3. The zero-order valence-corrected chi connectivity index (χ0v) is 31.0. The lowest BCUT2D eigenvalue weighted by atomic mass is 10.1. The van der Waals surface area contributed by atoms with Crippen molar-refractivity contribution in [3.8, 4) is 34.0 Å². The molecule has 3 heterocycles. The molecule has 6 aromatic rings. The normalized spacial score (nSPS) is 10.7. The molecular formula is C35H33Cl3N8O4S. The van der Waals surface area contributed by atoms with Crippen molar-refractivity contribution in [2.45, 2.75) is 5.75 Å². The van der Waals surface area contributed by atoms with Gasteiger partial charge in [0.25, 0.3) is 0 Å². The summed E-state index contributed by atoms with van der Waals surface area (Å²) in [5.41, 5.74) is 4.69. The minimum absolute atomic E-state index is 0.0637. The molecule has 0 radical (unpaired) electrons. The third kappa shape index (κ3) is 11.8. The molecule has 16 heteroatoms. The molecule has 0 unspecified atom stereocenters. The highest BCUT2D eigenvalue weighted by atomic mass is 35.5. The van der Waals surface area contributed by atoms with Crippen molar-refractivity contribution >= 4 is 56.3 Å². The van der Waals surface area contributed by atoms with E-state index in [2.05, 4.69) is 35.2 Å². The number of rotatable bonds is 9. The number of para-hydroxylation sites is 2. The topological polar surface area (TPSA) is 145 Å². The third-order valence-corrected chi connectivity index (χ3v) is 9.20. The molecular weight excluding hydrogens is 735 g/mol. The van der Waals surface area contributed by atoms with Gasteiger partial charge in [0.15, 0.2) is 0 Å². The van der Waals surface area contributed by atoms with E-state index < -0.39 is 10.0 Å². The van der Waals surface area contributed by atoms with Crippen LogP contribution in [0.2, 0.25) is 15.5 Å². The summed E-state index contributed by atoms with van der Waals surface area (Å²) in [6.07, 6.45) is 4.22. The number of nitrogens with one attached hydrogen (secondary N) is 1. The summed E-state index contributed by atoms with van der Waals surface area (Å²) in [6, 6.07) is 27.5. The molecule has 51 heavy (non-hydrogen) atoms. The van der Waals surface area contributed by atoms with Gasteiger partial charge >= 0.3 is 0 Å². The van der Waals surface area contributed by atoms with Gasteiger partial charge in [0.05, 0.1) is 31.4 Å². The van der Waals surface area contributed by atoms with Gasteiger partial charge in [-0.2, -0.15) is 0 Å². The number of benzene rings is 3. The summed E-state index contributed by atoms with van der Waals surface area (Å²) in [5, 5.41) is 4.36. The highest BCUT2D eigenvalue weighted by Gasteiger charge is 2.15. The monoisotopic (exact) mass is 766 g/mol. The minimum atomic E-state index is -3.33. The van der Waals surface area contributed by atoms with Crippen LogP contribution in [-0.2, 0) is 15.8 Å². The third-order valence-electron chi connectivity index (χ3n) is 6.77. The van der Waals surface area contributed by atoms with Crippen molar-refractivity contribution in [1.29, 1.82) is 0 Å².